The van der Waals surface area contributed by atoms with Crippen molar-refractivity contribution in [2.45, 2.75) is 13.0 Å². The molecule has 0 spiro atoms. The number of rotatable bonds is 2. The van der Waals surface area contributed by atoms with Crippen molar-refractivity contribution in [1.29, 1.82) is 0 Å². The minimum atomic E-state index is -0.00745. The Kier molecular flexibility index (Phi) is 3.68. The highest BCUT2D eigenvalue weighted by Gasteiger charge is 2.25. The number of carbonyl (C=O) groups is 1. The van der Waals surface area contributed by atoms with Crippen LogP contribution < -0.4 is 0 Å². The second-order valence-electron chi connectivity index (χ2n) is 6.55. The van der Waals surface area contributed by atoms with Gasteiger partial charge in [-0.05, 0) is 46.8 Å². The summed E-state index contributed by atoms with van der Waals surface area (Å²) in [6.45, 7) is 1.23. The molecule has 7 nitrogen and oxygen atoms in total. The molecule has 2 aromatic heterocycles. The molecule has 134 valence electrons. The third-order valence-electron chi connectivity index (χ3n) is 4.93. The Bertz CT molecular complexity index is 1150. The molecule has 1 N–H and O–H groups in total. The lowest BCUT2D eigenvalue weighted by atomic mass is 10.0. The highest BCUT2D eigenvalue weighted by molar-refractivity contribution is 6.31. The molecule has 0 aliphatic carbocycles. The Hall–Kier alpha value is -3.19. The van der Waals surface area contributed by atoms with E-state index in [9.17, 15) is 4.79 Å². The van der Waals surface area contributed by atoms with Crippen LogP contribution in [0.2, 0.25) is 5.02 Å². The van der Waals surface area contributed by atoms with Gasteiger partial charge in [-0.15, -0.1) is 5.10 Å². The number of carbonyl (C=O) groups excluding carboxylic acids is 1. The summed E-state index contributed by atoms with van der Waals surface area (Å²) in [5.74, 6) is -0.00745. The van der Waals surface area contributed by atoms with E-state index in [1.54, 1.807) is 6.07 Å². The SMILES string of the molecule is O=C(c1cccc(-n2cnnn2)c1)N1CCc2[nH]c3ccc(Cl)cc3c2C1. The molecule has 0 bridgehead atoms. The first-order valence-electron chi connectivity index (χ1n) is 8.61. The van der Waals surface area contributed by atoms with Crippen LogP contribution in [0, 0.1) is 0 Å². The van der Waals surface area contributed by atoms with Crippen molar-refractivity contribution in [3.8, 4) is 5.69 Å². The lowest BCUT2D eigenvalue weighted by Gasteiger charge is -2.27. The number of hydrogen-bond donors (Lipinski definition) is 1. The lowest BCUT2D eigenvalue weighted by molar-refractivity contribution is 0.0735. The van der Waals surface area contributed by atoms with Crippen molar-refractivity contribution >= 4 is 28.4 Å². The van der Waals surface area contributed by atoms with Crippen LogP contribution in [0.15, 0.2) is 48.8 Å². The molecule has 0 radical (unpaired) electrons. The second kappa shape index (κ2) is 6.21. The summed E-state index contributed by atoms with van der Waals surface area (Å²) >= 11 is 6.17. The smallest absolute Gasteiger partial charge is 0.254 e. The van der Waals surface area contributed by atoms with Gasteiger partial charge in [0.25, 0.3) is 5.91 Å². The van der Waals surface area contributed by atoms with Crippen LogP contribution in [0.3, 0.4) is 0 Å². The monoisotopic (exact) mass is 378 g/mol. The Balaban J connectivity index is 1.46. The van der Waals surface area contributed by atoms with E-state index in [1.807, 2.05) is 41.3 Å². The van der Waals surface area contributed by atoms with Gasteiger partial charge in [0.15, 0.2) is 0 Å². The van der Waals surface area contributed by atoms with Gasteiger partial charge >= 0.3 is 0 Å². The van der Waals surface area contributed by atoms with Crippen LogP contribution in [-0.2, 0) is 13.0 Å². The average Bonchev–Trinajstić information content (AvgIpc) is 3.35. The molecule has 0 saturated heterocycles. The minimum absolute atomic E-state index is 0.00745. The maximum absolute atomic E-state index is 13.1. The van der Waals surface area contributed by atoms with E-state index in [0.717, 1.165) is 28.6 Å². The Morgan fingerprint density at radius 1 is 1.19 bits per heavy atom. The number of fused-ring (bicyclic) bond motifs is 3. The van der Waals surface area contributed by atoms with E-state index in [-0.39, 0.29) is 5.91 Å². The van der Waals surface area contributed by atoms with Crippen LogP contribution >= 0.6 is 11.6 Å². The normalized spacial score (nSPS) is 13.7. The number of nitrogens with zero attached hydrogens (tertiary/aromatic N) is 5. The number of amides is 1. The lowest BCUT2D eigenvalue weighted by Crippen LogP contribution is -2.35. The molecule has 1 aliphatic rings. The second-order valence-corrected chi connectivity index (χ2v) is 6.99. The summed E-state index contributed by atoms with van der Waals surface area (Å²) in [4.78, 5) is 18.4. The van der Waals surface area contributed by atoms with Gasteiger partial charge in [-0.3, -0.25) is 4.79 Å². The van der Waals surface area contributed by atoms with Gasteiger partial charge in [-0.2, -0.15) is 0 Å². The maximum Gasteiger partial charge on any atom is 0.254 e. The van der Waals surface area contributed by atoms with E-state index in [0.29, 0.717) is 23.7 Å². The van der Waals surface area contributed by atoms with Crippen molar-refractivity contribution < 1.29 is 4.79 Å². The van der Waals surface area contributed by atoms with Gasteiger partial charge < -0.3 is 9.88 Å². The van der Waals surface area contributed by atoms with E-state index in [2.05, 4.69) is 20.5 Å². The molecule has 2 aromatic carbocycles. The predicted molar refractivity (Wildman–Crippen MR) is 101 cm³/mol. The summed E-state index contributed by atoms with van der Waals surface area (Å²) in [6, 6.07) is 13.1. The third kappa shape index (κ3) is 2.76. The molecular weight excluding hydrogens is 364 g/mol. The van der Waals surface area contributed by atoms with Gasteiger partial charge in [0.2, 0.25) is 0 Å². The summed E-state index contributed by atoms with van der Waals surface area (Å²) in [7, 11) is 0. The number of H-pyrrole nitrogens is 1. The fourth-order valence-electron chi connectivity index (χ4n) is 3.60. The van der Waals surface area contributed by atoms with Crippen molar-refractivity contribution in [3.05, 3.63) is 70.6 Å². The number of nitrogens with one attached hydrogen (secondary N) is 1. The van der Waals surface area contributed by atoms with Crippen molar-refractivity contribution in [3.63, 3.8) is 0 Å². The van der Waals surface area contributed by atoms with Crippen molar-refractivity contribution in [2.24, 2.45) is 0 Å². The van der Waals surface area contributed by atoms with Crippen LogP contribution in [0.4, 0.5) is 0 Å². The predicted octanol–water partition coefficient (Wildman–Crippen LogP) is 3.00. The van der Waals surface area contributed by atoms with Gasteiger partial charge in [-0.25, -0.2) is 4.68 Å². The molecule has 1 aliphatic heterocycles. The molecule has 1 amide bonds. The Labute approximate surface area is 159 Å². The quantitative estimate of drug-likeness (QED) is 0.581. The Morgan fingerprint density at radius 2 is 2.11 bits per heavy atom. The highest BCUT2D eigenvalue weighted by atomic mass is 35.5. The zero-order chi connectivity index (χ0) is 18.4. The van der Waals surface area contributed by atoms with E-state index in [1.165, 1.54) is 16.7 Å². The topological polar surface area (TPSA) is 79.7 Å². The number of aromatic amines is 1. The standard InChI is InChI=1S/C19H15ClN6O/c20-13-4-5-17-15(9-13)16-10-25(7-6-18(16)22-17)19(27)12-2-1-3-14(8-12)26-11-21-23-24-26/h1-5,8-9,11,22H,6-7,10H2. The average molecular weight is 379 g/mol. The van der Waals surface area contributed by atoms with Gasteiger partial charge in [-0.1, -0.05) is 17.7 Å². The summed E-state index contributed by atoms with van der Waals surface area (Å²) < 4.78 is 1.53. The minimum Gasteiger partial charge on any atom is -0.358 e. The molecular formula is C19H15ClN6O. The molecule has 27 heavy (non-hydrogen) atoms. The van der Waals surface area contributed by atoms with Crippen LogP contribution in [-0.4, -0.2) is 42.5 Å². The van der Waals surface area contributed by atoms with Crippen molar-refractivity contribution in [2.75, 3.05) is 6.54 Å². The van der Waals surface area contributed by atoms with Gasteiger partial charge in [0.1, 0.15) is 6.33 Å². The number of halogens is 1. The molecule has 5 rings (SSSR count). The molecule has 0 atom stereocenters. The maximum atomic E-state index is 13.1. The zero-order valence-electron chi connectivity index (χ0n) is 14.3. The molecule has 0 fully saturated rings. The fourth-order valence-corrected chi connectivity index (χ4v) is 3.78. The zero-order valence-corrected chi connectivity index (χ0v) is 15.0. The molecule has 8 heteroatoms. The van der Waals surface area contributed by atoms with Crippen LogP contribution in [0.5, 0.6) is 0 Å². The number of aromatic nitrogens is 5. The van der Waals surface area contributed by atoms with Gasteiger partial charge in [0.05, 0.1) is 5.69 Å². The molecule has 4 aromatic rings. The molecule has 0 unspecified atom stereocenters. The van der Waals surface area contributed by atoms with Crippen molar-refractivity contribution in [1.82, 2.24) is 30.1 Å². The summed E-state index contributed by atoms with van der Waals surface area (Å²) in [5.41, 5.74) is 4.74. The summed E-state index contributed by atoms with van der Waals surface area (Å²) in [5, 5.41) is 12.9. The largest absolute Gasteiger partial charge is 0.358 e. The number of benzene rings is 2. The number of hydrogen-bond acceptors (Lipinski definition) is 4. The molecule has 3 heterocycles. The van der Waals surface area contributed by atoms with E-state index < -0.39 is 0 Å². The summed E-state index contributed by atoms with van der Waals surface area (Å²) in [6.07, 6.45) is 2.30. The first kappa shape index (κ1) is 16.0. The first-order valence-corrected chi connectivity index (χ1v) is 8.98. The Morgan fingerprint density at radius 3 is 2.96 bits per heavy atom. The highest BCUT2D eigenvalue weighted by Crippen LogP contribution is 2.30. The van der Waals surface area contributed by atoms with Crippen LogP contribution in [0.25, 0.3) is 16.6 Å². The van der Waals surface area contributed by atoms with E-state index >= 15 is 0 Å². The number of tetrazole rings is 1. The van der Waals surface area contributed by atoms with Crippen LogP contribution in [0.1, 0.15) is 21.6 Å². The van der Waals surface area contributed by atoms with E-state index in [4.69, 9.17) is 11.6 Å². The first-order chi connectivity index (χ1) is 13.2. The molecule has 0 saturated carbocycles. The third-order valence-corrected chi connectivity index (χ3v) is 5.17. The van der Waals surface area contributed by atoms with Gasteiger partial charge in [0, 0.05) is 52.3 Å². The fraction of sp³-hybridized carbons (Fsp3) is 0.158.